The molecule has 6 heterocycles. The Kier molecular flexibility index (Phi) is 5.43. The molecule has 1 amide bonds. The lowest BCUT2D eigenvalue weighted by atomic mass is 10.1. The quantitative estimate of drug-likeness (QED) is 0.256. The van der Waals surface area contributed by atoms with Crippen molar-refractivity contribution in [2.75, 3.05) is 5.32 Å². The fourth-order valence-corrected chi connectivity index (χ4v) is 5.72. The zero-order valence-electron chi connectivity index (χ0n) is 20.0. The number of H-pyrrole nitrogens is 2. The first-order valence-electron chi connectivity index (χ1n) is 12.3. The zero-order valence-corrected chi connectivity index (χ0v) is 20.8. The Morgan fingerprint density at radius 3 is 2.76 bits per heavy atom. The van der Waals surface area contributed by atoms with E-state index in [0.29, 0.717) is 33.8 Å². The van der Waals surface area contributed by atoms with Crippen molar-refractivity contribution in [1.29, 1.82) is 0 Å². The van der Waals surface area contributed by atoms with E-state index in [-0.39, 0.29) is 22.9 Å². The van der Waals surface area contributed by atoms with Gasteiger partial charge in [0.2, 0.25) is 5.91 Å². The van der Waals surface area contributed by atoms with Crippen LogP contribution < -0.4 is 5.32 Å². The molecule has 6 aromatic rings. The van der Waals surface area contributed by atoms with Crippen LogP contribution in [0.1, 0.15) is 25.7 Å². The fraction of sp³-hybridized carbons (Fsp3) is 0.185. The third-order valence-corrected chi connectivity index (χ3v) is 7.65. The van der Waals surface area contributed by atoms with Crippen LogP contribution >= 0.6 is 11.3 Å². The molecule has 0 aromatic carbocycles. The van der Waals surface area contributed by atoms with Crippen LogP contribution in [0.5, 0.6) is 0 Å². The van der Waals surface area contributed by atoms with Gasteiger partial charge in [-0.25, -0.2) is 9.37 Å². The van der Waals surface area contributed by atoms with Gasteiger partial charge in [-0.05, 0) is 36.4 Å². The van der Waals surface area contributed by atoms with E-state index in [1.165, 1.54) is 12.4 Å². The van der Waals surface area contributed by atoms with E-state index in [1.54, 1.807) is 29.8 Å². The molecule has 1 fully saturated rings. The number of nitrogens with one attached hydrogen (secondary N) is 3. The van der Waals surface area contributed by atoms with Crippen LogP contribution in [0, 0.1) is 11.7 Å². The highest BCUT2D eigenvalue weighted by molar-refractivity contribution is 7.08. The van der Waals surface area contributed by atoms with Crippen molar-refractivity contribution in [1.82, 2.24) is 35.1 Å². The van der Waals surface area contributed by atoms with Gasteiger partial charge in [0.05, 0.1) is 40.2 Å². The highest BCUT2D eigenvalue weighted by Gasteiger charge is 2.24. The molecule has 11 heteroatoms. The highest BCUT2D eigenvalue weighted by Crippen LogP contribution is 2.34. The number of hydrogen-bond donors (Lipinski definition) is 3. The third-order valence-electron chi connectivity index (χ3n) is 6.97. The fourth-order valence-electron chi connectivity index (χ4n) is 5.08. The van der Waals surface area contributed by atoms with Gasteiger partial charge in [-0.15, -0.1) is 0 Å². The molecular formula is C27H21FN8OS. The van der Waals surface area contributed by atoms with E-state index in [4.69, 9.17) is 4.98 Å². The molecule has 1 aliphatic rings. The number of halogens is 1. The first-order chi connectivity index (χ1) is 18.7. The number of pyridine rings is 3. The summed E-state index contributed by atoms with van der Waals surface area (Å²) in [6.07, 6.45) is 10.3. The Morgan fingerprint density at radius 1 is 1.03 bits per heavy atom. The minimum absolute atomic E-state index is 0.0117. The number of nitrogens with zero attached hydrogens (tertiary/aromatic N) is 5. The van der Waals surface area contributed by atoms with Gasteiger partial charge in [0, 0.05) is 34.8 Å². The molecule has 9 nitrogen and oxygen atoms in total. The monoisotopic (exact) mass is 524 g/mol. The maximum absolute atomic E-state index is 16.0. The summed E-state index contributed by atoms with van der Waals surface area (Å²) in [5, 5.41) is 14.4. The number of rotatable bonds is 5. The smallest absolute Gasteiger partial charge is 0.227 e. The van der Waals surface area contributed by atoms with Crippen LogP contribution in [0.25, 0.3) is 56.0 Å². The number of carbonyl (C=O) groups is 1. The maximum Gasteiger partial charge on any atom is 0.227 e. The molecular weight excluding hydrogens is 503 g/mol. The Balaban J connectivity index is 1.28. The third kappa shape index (κ3) is 3.82. The van der Waals surface area contributed by atoms with Crippen molar-refractivity contribution < 1.29 is 9.18 Å². The van der Waals surface area contributed by atoms with Gasteiger partial charge in [-0.1, -0.05) is 12.8 Å². The first-order valence-corrected chi connectivity index (χ1v) is 13.3. The summed E-state index contributed by atoms with van der Waals surface area (Å²) in [5.41, 5.74) is 5.03. The number of carbonyl (C=O) groups excluding carboxylic acids is 1. The van der Waals surface area contributed by atoms with Gasteiger partial charge in [0.25, 0.3) is 0 Å². The summed E-state index contributed by atoms with van der Waals surface area (Å²) in [6, 6.07) is 5.51. The van der Waals surface area contributed by atoms with Gasteiger partial charge in [0.15, 0.2) is 11.6 Å². The van der Waals surface area contributed by atoms with Crippen LogP contribution in [0.15, 0.2) is 53.7 Å². The average Bonchev–Trinajstić information content (AvgIpc) is 3.74. The van der Waals surface area contributed by atoms with E-state index in [9.17, 15) is 4.79 Å². The lowest BCUT2D eigenvalue weighted by molar-refractivity contribution is -0.119. The molecule has 0 saturated heterocycles. The van der Waals surface area contributed by atoms with Crippen LogP contribution in [-0.2, 0) is 4.79 Å². The average molecular weight is 525 g/mol. The Bertz CT molecular complexity index is 1800. The topological polar surface area (TPSA) is 125 Å². The predicted molar refractivity (Wildman–Crippen MR) is 144 cm³/mol. The minimum Gasteiger partial charge on any atom is -0.336 e. The number of imidazole rings is 1. The first kappa shape index (κ1) is 22.7. The molecule has 0 radical (unpaired) electrons. The van der Waals surface area contributed by atoms with E-state index in [2.05, 4.69) is 35.5 Å². The molecule has 0 aliphatic heterocycles. The number of aromatic nitrogens is 7. The number of anilines is 1. The van der Waals surface area contributed by atoms with Gasteiger partial charge in [-0.2, -0.15) is 16.4 Å². The van der Waals surface area contributed by atoms with E-state index in [1.807, 2.05) is 22.9 Å². The summed E-state index contributed by atoms with van der Waals surface area (Å²) in [6.45, 7) is 0. The highest BCUT2D eigenvalue weighted by atomic mass is 32.1. The zero-order chi connectivity index (χ0) is 25.6. The van der Waals surface area contributed by atoms with Crippen LogP contribution in [0.2, 0.25) is 0 Å². The second-order valence-electron chi connectivity index (χ2n) is 9.37. The Hall–Kier alpha value is -4.51. The second kappa shape index (κ2) is 9.10. The lowest BCUT2D eigenvalue weighted by Gasteiger charge is -2.11. The molecule has 1 saturated carbocycles. The van der Waals surface area contributed by atoms with E-state index in [0.717, 1.165) is 42.5 Å². The molecule has 0 unspecified atom stereocenters. The number of aromatic amines is 2. The van der Waals surface area contributed by atoms with Crippen LogP contribution in [0.3, 0.4) is 0 Å². The summed E-state index contributed by atoms with van der Waals surface area (Å²) in [5.74, 6) is -0.146. The van der Waals surface area contributed by atoms with Crippen molar-refractivity contribution in [2.45, 2.75) is 25.7 Å². The maximum atomic E-state index is 16.0. The predicted octanol–water partition coefficient (Wildman–Crippen LogP) is 5.95. The van der Waals surface area contributed by atoms with Gasteiger partial charge < -0.3 is 10.3 Å². The van der Waals surface area contributed by atoms with Gasteiger partial charge in [0.1, 0.15) is 16.9 Å². The molecule has 0 bridgehead atoms. The van der Waals surface area contributed by atoms with Crippen molar-refractivity contribution in [3.63, 3.8) is 0 Å². The second-order valence-corrected chi connectivity index (χ2v) is 10.1. The Labute approximate surface area is 219 Å². The molecule has 188 valence electrons. The molecule has 3 N–H and O–H groups in total. The molecule has 38 heavy (non-hydrogen) atoms. The number of fused-ring (bicyclic) bond motifs is 2. The summed E-state index contributed by atoms with van der Waals surface area (Å²) in [4.78, 5) is 33.7. The lowest BCUT2D eigenvalue weighted by Crippen LogP contribution is -2.20. The molecule has 0 spiro atoms. The number of amides is 1. The standard InChI is InChI=1S/C27H21FN8OS/c28-21-20-19(12-31-22(21)16-9-17(11-29-10-16)32-27(37)14-3-1-2-4-14)35-36-25(20)26-33-18-5-7-30-23(24(18)34-26)15-6-8-38-13-15/h5-14H,1-4H2,(H,32,37)(H,33,34)(H,35,36). The minimum atomic E-state index is -0.552. The molecule has 6 aromatic heterocycles. The van der Waals surface area contributed by atoms with Crippen molar-refractivity contribution in [2.24, 2.45) is 5.92 Å². The van der Waals surface area contributed by atoms with Crippen LogP contribution in [-0.4, -0.2) is 41.0 Å². The summed E-state index contributed by atoms with van der Waals surface area (Å²) >= 11 is 1.58. The van der Waals surface area contributed by atoms with Crippen LogP contribution in [0.4, 0.5) is 10.1 Å². The van der Waals surface area contributed by atoms with E-state index >= 15 is 4.39 Å². The van der Waals surface area contributed by atoms with Gasteiger partial charge >= 0.3 is 0 Å². The van der Waals surface area contributed by atoms with E-state index < -0.39 is 5.82 Å². The normalized spacial score (nSPS) is 14.0. The van der Waals surface area contributed by atoms with Crippen molar-refractivity contribution in [3.05, 3.63) is 59.6 Å². The summed E-state index contributed by atoms with van der Waals surface area (Å²) in [7, 11) is 0. The van der Waals surface area contributed by atoms with Crippen molar-refractivity contribution in [3.8, 4) is 34.0 Å². The van der Waals surface area contributed by atoms with Gasteiger partial charge in [-0.3, -0.25) is 24.8 Å². The number of thiophene rings is 1. The largest absolute Gasteiger partial charge is 0.336 e. The Morgan fingerprint density at radius 2 is 1.92 bits per heavy atom. The SMILES string of the molecule is O=C(Nc1cncc(-c2ncc3[nH]nc(-c4nc5c(-c6ccsc6)nccc5[nH]4)c3c2F)c1)C1CCCC1. The van der Waals surface area contributed by atoms with Crippen molar-refractivity contribution >= 4 is 44.9 Å². The molecule has 1 aliphatic carbocycles. The number of hydrogen-bond acceptors (Lipinski definition) is 7. The molecule has 0 atom stereocenters. The summed E-state index contributed by atoms with van der Waals surface area (Å²) < 4.78 is 16.0. The molecule has 7 rings (SSSR count).